The van der Waals surface area contributed by atoms with Crippen LogP contribution in [0.1, 0.15) is 32.9 Å². The van der Waals surface area contributed by atoms with Gasteiger partial charge in [0.15, 0.2) is 5.82 Å². The second kappa shape index (κ2) is 4.99. The van der Waals surface area contributed by atoms with Crippen molar-refractivity contribution in [3.8, 4) is 0 Å². The summed E-state index contributed by atoms with van der Waals surface area (Å²) in [6.45, 7) is 4.99. The lowest BCUT2D eigenvalue weighted by Crippen LogP contribution is -2.29. The largest absolute Gasteiger partial charge is 0.481 e. The smallest absolute Gasteiger partial charge is 0.309 e. The van der Waals surface area contributed by atoms with E-state index in [0.29, 0.717) is 5.82 Å². The Morgan fingerprint density at radius 1 is 1.53 bits per heavy atom. The molecular formula is C11H17N3O3. The van der Waals surface area contributed by atoms with Crippen LogP contribution in [0.15, 0.2) is 6.07 Å². The van der Waals surface area contributed by atoms with E-state index in [0.717, 1.165) is 12.1 Å². The first kappa shape index (κ1) is 13.2. The molecule has 94 valence electrons. The van der Waals surface area contributed by atoms with E-state index in [2.05, 4.69) is 15.5 Å². The number of carbonyl (C=O) groups is 2. The Morgan fingerprint density at radius 3 is 2.65 bits per heavy atom. The number of hydrogen-bond donors (Lipinski definition) is 3. The Hall–Kier alpha value is -1.85. The number of carboxylic acids is 1. The molecule has 3 N–H and O–H groups in total. The van der Waals surface area contributed by atoms with Crippen molar-refractivity contribution in [2.24, 2.45) is 5.41 Å². The number of carboxylic acid groups (broad SMARTS) is 1. The highest BCUT2D eigenvalue weighted by Crippen LogP contribution is 2.21. The third-order valence-corrected chi connectivity index (χ3v) is 2.46. The van der Waals surface area contributed by atoms with Crippen LogP contribution in [0.3, 0.4) is 0 Å². The standard InChI is InChI=1S/C11H17N3O3/c1-4-7-5-8(14-13-7)12-9(15)6-11(2,3)10(16)17/h5H,4,6H2,1-3H3,(H,16,17)(H2,12,13,14,15). The molecule has 1 amide bonds. The van der Waals surface area contributed by atoms with Gasteiger partial charge in [0.2, 0.25) is 5.91 Å². The van der Waals surface area contributed by atoms with E-state index in [4.69, 9.17) is 5.11 Å². The minimum Gasteiger partial charge on any atom is -0.481 e. The van der Waals surface area contributed by atoms with Crippen LogP contribution in [0, 0.1) is 5.41 Å². The van der Waals surface area contributed by atoms with Crippen molar-refractivity contribution in [2.75, 3.05) is 5.32 Å². The lowest BCUT2D eigenvalue weighted by molar-refractivity contribution is -0.148. The van der Waals surface area contributed by atoms with Crippen molar-refractivity contribution < 1.29 is 14.7 Å². The van der Waals surface area contributed by atoms with Gasteiger partial charge in [0.1, 0.15) is 0 Å². The summed E-state index contributed by atoms with van der Waals surface area (Å²) in [4.78, 5) is 22.5. The van der Waals surface area contributed by atoms with Crippen molar-refractivity contribution in [1.29, 1.82) is 0 Å². The molecule has 0 aliphatic carbocycles. The van der Waals surface area contributed by atoms with Crippen LogP contribution in [0.5, 0.6) is 0 Å². The molecular weight excluding hydrogens is 222 g/mol. The number of H-pyrrole nitrogens is 1. The molecule has 1 aromatic heterocycles. The van der Waals surface area contributed by atoms with Gasteiger partial charge in [-0.25, -0.2) is 0 Å². The first-order chi connectivity index (χ1) is 7.85. The number of nitrogens with zero attached hydrogens (tertiary/aromatic N) is 1. The molecule has 0 aliphatic heterocycles. The first-order valence-electron chi connectivity index (χ1n) is 5.42. The van der Waals surface area contributed by atoms with Gasteiger partial charge in [-0.15, -0.1) is 0 Å². The van der Waals surface area contributed by atoms with Gasteiger partial charge in [0, 0.05) is 18.2 Å². The van der Waals surface area contributed by atoms with Gasteiger partial charge < -0.3 is 10.4 Å². The van der Waals surface area contributed by atoms with Crippen molar-refractivity contribution >= 4 is 17.7 Å². The second-order valence-electron chi connectivity index (χ2n) is 4.55. The lowest BCUT2D eigenvalue weighted by Gasteiger charge is -2.17. The van der Waals surface area contributed by atoms with Crippen LogP contribution in [0.25, 0.3) is 0 Å². The number of aliphatic carboxylic acids is 1. The molecule has 6 nitrogen and oxygen atoms in total. The molecule has 0 radical (unpaired) electrons. The highest BCUT2D eigenvalue weighted by Gasteiger charge is 2.30. The number of aromatic amines is 1. The Bertz CT molecular complexity index is 423. The highest BCUT2D eigenvalue weighted by atomic mass is 16.4. The van der Waals surface area contributed by atoms with Crippen LogP contribution in [0.2, 0.25) is 0 Å². The molecule has 0 fully saturated rings. The zero-order valence-electron chi connectivity index (χ0n) is 10.2. The summed E-state index contributed by atoms with van der Waals surface area (Å²) >= 11 is 0. The average Bonchev–Trinajstić information content (AvgIpc) is 2.64. The van der Waals surface area contributed by atoms with Crippen molar-refractivity contribution in [1.82, 2.24) is 10.2 Å². The Balaban J connectivity index is 2.58. The summed E-state index contributed by atoms with van der Waals surface area (Å²) < 4.78 is 0. The summed E-state index contributed by atoms with van der Waals surface area (Å²) in [5.41, 5.74) is -0.161. The molecule has 17 heavy (non-hydrogen) atoms. The van der Waals surface area contributed by atoms with E-state index < -0.39 is 11.4 Å². The highest BCUT2D eigenvalue weighted by molar-refractivity contribution is 5.93. The summed E-state index contributed by atoms with van der Waals surface area (Å²) in [7, 11) is 0. The summed E-state index contributed by atoms with van der Waals surface area (Å²) in [5, 5.41) is 18.1. The number of nitrogens with one attached hydrogen (secondary N) is 2. The number of aromatic nitrogens is 2. The van der Waals surface area contributed by atoms with E-state index in [1.807, 2.05) is 6.92 Å². The van der Waals surface area contributed by atoms with E-state index in [-0.39, 0.29) is 12.3 Å². The van der Waals surface area contributed by atoms with Crippen LogP contribution in [0.4, 0.5) is 5.82 Å². The van der Waals surface area contributed by atoms with Gasteiger partial charge >= 0.3 is 5.97 Å². The molecule has 0 spiro atoms. The van der Waals surface area contributed by atoms with Gasteiger partial charge in [-0.1, -0.05) is 6.92 Å². The predicted molar refractivity (Wildman–Crippen MR) is 62.6 cm³/mol. The van der Waals surface area contributed by atoms with Gasteiger partial charge in [-0.05, 0) is 20.3 Å². The second-order valence-corrected chi connectivity index (χ2v) is 4.55. The van der Waals surface area contributed by atoms with Crippen molar-refractivity contribution in [3.63, 3.8) is 0 Å². The maximum atomic E-state index is 11.6. The van der Waals surface area contributed by atoms with Crippen LogP contribution < -0.4 is 5.32 Å². The predicted octanol–water partition coefficient (Wildman–Crippen LogP) is 1.41. The van der Waals surface area contributed by atoms with E-state index in [1.165, 1.54) is 13.8 Å². The fourth-order valence-corrected chi connectivity index (χ4v) is 1.27. The van der Waals surface area contributed by atoms with E-state index in [9.17, 15) is 9.59 Å². The molecule has 0 atom stereocenters. The fraction of sp³-hybridized carbons (Fsp3) is 0.545. The molecule has 0 aliphatic rings. The number of rotatable bonds is 5. The quantitative estimate of drug-likeness (QED) is 0.724. The monoisotopic (exact) mass is 239 g/mol. The first-order valence-corrected chi connectivity index (χ1v) is 5.42. The number of aryl methyl sites for hydroxylation is 1. The molecule has 0 unspecified atom stereocenters. The zero-order valence-corrected chi connectivity index (χ0v) is 10.2. The molecule has 6 heteroatoms. The minimum atomic E-state index is -1.08. The molecule has 1 heterocycles. The summed E-state index contributed by atoms with van der Waals surface area (Å²) in [6, 6.07) is 1.73. The normalized spacial score (nSPS) is 11.2. The molecule has 0 saturated heterocycles. The number of carbonyl (C=O) groups excluding carboxylic acids is 1. The Labute approximate surface area is 99.4 Å². The van der Waals surface area contributed by atoms with Gasteiger partial charge in [0.25, 0.3) is 0 Å². The van der Waals surface area contributed by atoms with Gasteiger partial charge in [0.05, 0.1) is 5.41 Å². The number of anilines is 1. The molecule has 1 rings (SSSR count). The molecule has 0 saturated carbocycles. The molecule has 1 aromatic rings. The number of amides is 1. The zero-order chi connectivity index (χ0) is 13.1. The lowest BCUT2D eigenvalue weighted by atomic mass is 9.89. The fourth-order valence-electron chi connectivity index (χ4n) is 1.27. The topological polar surface area (TPSA) is 95.1 Å². The molecule has 0 aromatic carbocycles. The van der Waals surface area contributed by atoms with Crippen LogP contribution in [-0.4, -0.2) is 27.2 Å². The van der Waals surface area contributed by atoms with Gasteiger partial charge in [-0.2, -0.15) is 5.10 Å². The third-order valence-electron chi connectivity index (χ3n) is 2.46. The summed E-state index contributed by atoms with van der Waals surface area (Å²) in [6.07, 6.45) is 0.708. The minimum absolute atomic E-state index is 0.0867. The maximum absolute atomic E-state index is 11.6. The van der Waals surface area contributed by atoms with Crippen molar-refractivity contribution in [3.05, 3.63) is 11.8 Å². The Morgan fingerprint density at radius 2 is 2.18 bits per heavy atom. The average molecular weight is 239 g/mol. The van der Waals surface area contributed by atoms with Crippen LogP contribution >= 0.6 is 0 Å². The van der Waals surface area contributed by atoms with E-state index in [1.54, 1.807) is 6.07 Å². The number of hydrogen-bond acceptors (Lipinski definition) is 3. The summed E-state index contributed by atoms with van der Waals surface area (Å²) in [5.74, 6) is -0.927. The third kappa shape index (κ3) is 3.58. The Kier molecular flexibility index (Phi) is 3.88. The SMILES string of the molecule is CCc1cc(NC(=O)CC(C)(C)C(=O)O)n[nH]1. The van der Waals surface area contributed by atoms with E-state index >= 15 is 0 Å². The van der Waals surface area contributed by atoms with Crippen molar-refractivity contribution in [2.45, 2.75) is 33.6 Å². The van der Waals surface area contributed by atoms with Crippen LogP contribution in [-0.2, 0) is 16.0 Å². The van der Waals surface area contributed by atoms with Gasteiger partial charge in [-0.3, -0.25) is 14.7 Å². The maximum Gasteiger partial charge on any atom is 0.309 e. The molecule has 0 bridgehead atoms.